The van der Waals surface area contributed by atoms with Gasteiger partial charge in [-0.15, -0.1) is 12.4 Å². The number of hydrogen-bond acceptors (Lipinski definition) is 4. The van der Waals surface area contributed by atoms with Crippen LogP contribution in [0.1, 0.15) is 23.2 Å². The lowest BCUT2D eigenvalue weighted by Crippen LogP contribution is -2.24. The van der Waals surface area contributed by atoms with Gasteiger partial charge in [-0.1, -0.05) is 6.07 Å². The molecule has 1 rings (SSSR count). The van der Waals surface area contributed by atoms with Crippen molar-refractivity contribution in [1.29, 1.82) is 0 Å². The molecule has 0 aliphatic heterocycles. The smallest absolute Gasteiger partial charge is 0.270 e. The zero-order valence-electron chi connectivity index (χ0n) is 9.80. The molecule has 0 aromatic heterocycles. The molecule has 0 radical (unpaired) electrons. The van der Waals surface area contributed by atoms with Gasteiger partial charge in [0.1, 0.15) is 0 Å². The van der Waals surface area contributed by atoms with Crippen molar-refractivity contribution in [3.8, 4) is 0 Å². The molecule has 0 aliphatic rings. The van der Waals surface area contributed by atoms with Crippen LogP contribution in [0, 0.1) is 10.1 Å². The van der Waals surface area contributed by atoms with Gasteiger partial charge in [0.05, 0.1) is 4.92 Å². The van der Waals surface area contributed by atoms with E-state index >= 15 is 0 Å². The van der Waals surface area contributed by atoms with Gasteiger partial charge in [-0.2, -0.15) is 0 Å². The van der Waals surface area contributed by atoms with Crippen molar-refractivity contribution >= 4 is 24.0 Å². The van der Waals surface area contributed by atoms with Crippen LogP contribution < -0.4 is 11.1 Å². The molecule has 1 amide bonds. The third-order valence-corrected chi connectivity index (χ3v) is 2.24. The predicted octanol–water partition coefficient (Wildman–Crippen LogP) is 1.49. The second-order valence-electron chi connectivity index (χ2n) is 3.56. The number of amides is 1. The highest BCUT2D eigenvalue weighted by molar-refractivity contribution is 5.94. The lowest BCUT2D eigenvalue weighted by atomic mass is 10.2. The number of non-ortho nitro benzene ring substituents is 1. The highest BCUT2D eigenvalue weighted by atomic mass is 35.5. The van der Waals surface area contributed by atoms with Gasteiger partial charge in [0, 0.05) is 24.2 Å². The molecular weight excluding hydrogens is 258 g/mol. The molecule has 0 spiro atoms. The zero-order chi connectivity index (χ0) is 12.7. The summed E-state index contributed by atoms with van der Waals surface area (Å²) >= 11 is 0. The van der Waals surface area contributed by atoms with Crippen molar-refractivity contribution in [2.45, 2.75) is 12.8 Å². The fraction of sp³-hybridized carbons (Fsp3) is 0.364. The molecule has 100 valence electrons. The molecular formula is C11H16ClN3O3. The summed E-state index contributed by atoms with van der Waals surface area (Å²) in [6.45, 7) is 1.12. The summed E-state index contributed by atoms with van der Waals surface area (Å²) in [6, 6.07) is 5.65. The maximum atomic E-state index is 11.6. The standard InChI is InChI=1S/C11H15N3O3.ClH/c12-6-1-2-7-13-11(15)9-4-3-5-10(8-9)14(16)17;/h3-5,8H,1-2,6-7,12H2,(H,13,15);1H. The van der Waals surface area contributed by atoms with Gasteiger partial charge >= 0.3 is 0 Å². The van der Waals surface area contributed by atoms with Crippen molar-refractivity contribution in [3.05, 3.63) is 39.9 Å². The van der Waals surface area contributed by atoms with Crippen molar-refractivity contribution < 1.29 is 9.72 Å². The maximum Gasteiger partial charge on any atom is 0.270 e. The van der Waals surface area contributed by atoms with E-state index in [1.807, 2.05) is 0 Å². The van der Waals surface area contributed by atoms with Crippen LogP contribution in [-0.2, 0) is 0 Å². The van der Waals surface area contributed by atoms with Gasteiger partial charge in [0.2, 0.25) is 0 Å². The van der Waals surface area contributed by atoms with E-state index in [1.165, 1.54) is 18.2 Å². The number of nitrogens with two attached hydrogens (primary N) is 1. The van der Waals surface area contributed by atoms with E-state index in [-0.39, 0.29) is 24.0 Å². The fourth-order valence-corrected chi connectivity index (χ4v) is 1.33. The van der Waals surface area contributed by atoms with Crippen molar-refractivity contribution in [2.75, 3.05) is 13.1 Å². The molecule has 0 fully saturated rings. The minimum atomic E-state index is -0.523. The number of halogens is 1. The maximum absolute atomic E-state index is 11.6. The lowest BCUT2D eigenvalue weighted by molar-refractivity contribution is -0.384. The number of nitro benzene ring substituents is 1. The summed E-state index contributed by atoms with van der Waals surface area (Å²) in [5.41, 5.74) is 5.54. The Hall–Kier alpha value is -1.66. The van der Waals surface area contributed by atoms with E-state index < -0.39 is 4.92 Å². The highest BCUT2D eigenvalue weighted by Crippen LogP contribution is 2.12. The Morgan fingerprint density at radius 2 is 2.11 bits per heavy atom. The van der Waals surface area contributed by atoms with Gasteiger partial charge in [-0.05, 0) is 25.5 Å². The van der Waals surface area contributed by atoms with Crippen LogP contribution in [0.4, 0.5) is 5.69 Å². The van der Waals surface area contributed by atoms with Gasteiger partial charge < -0.3 is 11.1 Å². The summed E-state index contributed by atoms with van der Waals surface area (Å²) < 4.78 is 0. The minimum Gasteiger partial charge on any atom is -0.352 e. The Morgan fingerprint density at radius 3 is 2.72 bits per heavy atom. The summed E-state index contributed by atoms with van der Waals surface area (Å²) in [5, 5.41) is 13.2. The van der Waals surface area contributed by atoms with E-state index in [9.17, 15) is 14.9 Å². The number of nitrogens with one attached hydrogen (secondary N) is 1. The number of carbonyl (C=O) groups excluding carboxylic acids is 1. The number of rotatable bonds is 6. The molecule has 0 unspecified atom stereocenters. The average molecular weight is 274 g/mol. The quantitative estimate of drug-likeness (QED) is 0.466. The molecule has 18 heavy (non-hydrogen) atoms. The van der Waals surface area contributed by atoms with Crippen LogP contribution in [0.5, 0.6) is 0 Å². The van der Waals surface area contributed by atoms with E-state index in [0.717, 1.165) is 12.8 Å². The van der Waals surface area contributed by atoms with Gasteiger partial charge in [0.25, 0.3) is 11.6 Å². The van der Waals surface area contributed by atoms with Gasteiger partial charge in [-0.3, -0.25) is 14.9 Å². The molecule has 1 aromatic carbocycles. The number of unbranched alkanes of at least 4 members (excludes halogenated alkanes) is 1. The number of carbonyl (C=O) groups is 1. The van der Waals surface area contributed by atoms with Crippen LogP contribution in [0.15, 0.2) is 24.3 Å². The summed E-state index contributed by atoms with van der Waals surface area (Å²) in [5.74, 6) is -0.300. The van der Waals surface area contributed by atoms with E-state index in [2.05, 4.69) is 5.32 Å². The monoisotopic (exact) mass is 273 g/mol. The molecule has 7 heteroatoms. The van der Waals surface area contributed by atoms with Crippen LogP contribution in [0.3, 0.4) is 0 Å². The third kappa shape index (κ3) is 5.11. The van der Waals surface area contributed by atoms with Crippen LogP contribution in [-0.4, -0.2) is 23.9 Å². The number of nitro groups is 1. The Morgan fingerprint density at radius 1 is 1.39 bits per heavy atom. The Labute approximate surface area is 111 Å². The largest absolute Gasteiger partial charge is 0.352 e. The second-order valence-corrected chi connectivity index (χ2v) is 3.56. The third-order valence-electron chi connectivity index (χ3n) is 2.24. The van der Waals surface area contributed by atoms with Crippen molar-refractivity contribution in [3.63, 3.8) is 0 Å². The first kappa shape index (κ1) is 16.3. The molecule has 0 aliphatic carbocycles. The predicted molar refractivity (Wildman–Crippen MR) is 71.0 cm³/mol. The molecule has 0 heterocycles. The molecule has 1 aromatic rings. The van der Waals surface area contributed by atoms with Crippen LogP contribution in [0.25, 0.3) is 0 Å². The van der Waals surface area contributed by atoms with Crippen molar-refractivity contribution in [2.24, 2.45) is 5.73 Å². The first-order valence-corrected chi connectivity index (χ1v) is 5.38. The molecule has 0 bridgehead atoms. The lowest BCUT2D eigenvalue weighted by Gasteiger charge is -2.04. The SMILES string of the molecule is Cl.NCCCCNC(=O)c1cccc([N+](=O)[O-])c1. The average Bonchev–Trinajstić information content (AvgIpc) is 2.34. The summed E-state index contributed by atoms with van der Waals surface area (Å²) in [6.07, 6.45) is 1.65. The highest BCUT2D eigenvalue weighted by Gasteiger charge is 2.10. The Balaban J connectivity index is 0.00000289. The normalized spacial score (nSPS) is 9.39. The fourth-order valence-electron chi connectivity index (χ4n) is 1.33. The molecule has 0 saturated carbocycles. The number of benzene rings is 1. The van der Waals surface area contributed by atoms with Gasteiger partial charge in [0.15, 0.2) is 0 Å². The minimum absolute atomic E-state index is 0. The van der Waals surface area contributed by atoms with E-state index in [1.54, 1.807) is 6.07 Å². The molecule has 3 N–H and O–H groups in total. The number of hydrogen-bond donors (Lipinski definition) is 2. The van der Waals surface area contributed by atoms with Crippen LogP contribution in [0.2, 0.25) is 0 Å². The van der Waals surface area contributed by atoms with Gasteiger partial charge in [-0.25, -0.2) is 0 Å². The summed E-state index contributed by atoms with van der Waals surface area (Å²) in [7, 11) is 0. The van der Waals surface area contributed by atoms with E-state index in [4.69, 9.17) is 5.73 Å². The molecule has 0 atom stereocenters. The zero-order valence-corrected chi connectivity index (χ0v) is 10.6. The summed E-state index contributed by atoms with van der Waals surface area (Å²) in [4.78, 5) is 21.6. The van der Waals surface area contributed by atoms with Crippen LogP contribution >= 0.6 is 12.4 Å². The Kier molecular flexibility index (Phi) is 7.66. The first-order valence-electron chi connectivity index (χ1n) is 5.38. The first-order chi connectivity index (χ1) is 8.15. The molecule has 6 nitrogen and oxygen atoms in total. The number of nitrogens with zero attached hydrogens (tertiary/aromatic N) is 1. The Bertz CT molecular complexity index is 412. The van der Waals surface area contributed by atoms with E-state index in [0.29, 0.717) is 18.7 Å². The second kappa shape index (κ2) is 8.43. The topological polar surface area (TPSA) is 98.3 Å². The molecule has 0 saturated heterocycles. The van der Waals surface area contributed by atoms with Crippen molar-refractivity contribution in [1.82, 2.24) is 5.32 Å².